The summed E-state index contributed by atoms with van der Waals surface area (Å²) in [6.07, 6.45) is 5.70. The minimum atomic E-state index is 0.451. The van der Waals surface area contributed by atoms with Crippen LogP contribution < -0.4 is 15.4 Å². The lowest BCUT2D eigenvalue weighted by Crippen LogP contribution is -2.30. The number of nitrogens with two attached hydrogens (primary N) is 1. The fourth-order valence-corrected chi connectivity index (χ4v) is 4.39. The van der Waals surface area contributed by atoms with Crippen LogP contribution in [-0.2, 0) is 0 Å². The van der Waals surface area contributed by atoms with E-state index in [9.17, 15) is 0 Å². The van der Waals surface area contributed by atoms with E-state index < -0.39 is 0 Å². The molecule has 2 saturated carbocycles. The Labute approximate surface area is 132 Å². The van der Waals surface area contributed by atoms with Crippen LogP contribution in [0.1, 0.15) is 31.2 Å². The SMILES string of the molecule is COc1ccc(C(N)=S)c(N(C)CC2CC3CCC2C3)c1. The first-order valence-corrected chi connectivity index (χ1v) is 8.18. The van der Waals surface area contributed by atoms with Gasteiger partial charge in [-0.3, -0.25) is 0 Å². The predicted molar refractivity (Wildman–Crippen MR) is 91.1 cm³/mol. The molecule has 1 aromatic rings. The molecule has 0 saturated heterocycles. The van der Waals surface area contributed by atoms with E-state index >= 15 is 0 Å². The molecule has 3 nitrogen and oxygen atoms in total. The van der Waals surface area contributed by atoms with Crippen LogP contribution in [0.3, 0.4) is 0 Å². The molecule has 3 atom stereocenters. The summed E-state index contributed by atoms with van der Waals surface area (Å²) in [4.78, 5) is 2.76. The molecule has 2 bridgehead atoms. The molecule has 4 heteroatoms. The summed E-state index contributed by atoms with van der Waals surface area (Å²) in [6, 6.07) is 5.93. The molecule has 114 valence electrons. The maximum Gasteiger partial charge on any atom is 0.120 e. The molecular weight excluding hydrogens is 280 g/mol. The molecule has 0 heterocycles. The lowest BCUT2D eigenvalue weighted by atomic mass is 9.88. The van der Waals surface area contributed by atoms with Gasteiger partial charge in [0.25, 0.3) is 0 Å². The van der Waals surface area contributed by atoms with Crippen LogP contribution in [0.4, 0.5) is 5.69 Å². The topological polar surface area (TPSA) is 38.5 Å². The summed E-state index contributed by atoms with van der Waals surface area (Å²) in [5.74, 6) is 3.58. The van der Waals surface area contributed by atoms with Gasteiger partial charge in [-0.05, 0) is 49.1 Å². The van der Waals surface area contributed by atoms with Crippen LogP contribution in [0, 0.1) is 17.8 Å². The van der Waals surface area contributed by atoms with Gasteiger partial charge in [0.15, 0.2) is 0 Å². The third kappa shape index (κ3) is 2.86. The third-order valence-electron chi connectivity index (χ3n) is 5.27. The van der Waals surface area contributed by atoms with Gasteiger partial charge in [-0.15, -0.1) is 0 Å². The van der Waals surface area contributed by atoms with Crippen molar-refractivity contribution in [2.75, 3.05) is 25.6 Å². The van der Waals surface area contributed by atoms with Crippen molar-refractivity contribution < 1.29 is 4.74 Å². The van der Waals surface area contributed by atoms with Gasteiger partial charge < -0.3 is 15.4 Å². The quantitative estimate of drug-likeness (QED) is 0.848. The monoisotopic (exact) mass is 304 g/mol. The number of fused-ring (bicyclic) bond motifs is 2. The number of hydrogen-bond donors (Lipinski definition) is 1. The minimum Gasteiger partial charge on any atom is -0.497 e. The maximum atomic E-state index is 5.88. The van der Waals surface area contributed by atoms with Crippen molar-refractivity contribution in [3.05, 3.63) is 23.8 Å². The fraction of sp³-hybridized carbons (Fsp3) is 0.588. The molecule has 2 N–H and O–H groups in total. The minimum absolute atomic E-state index is 0.451. The standard InChI is InChI=1S/C17H24N2OS/c1-19(10-13-8-11-3-4-12(13)7-11)16-9-14(20-2)5-6-15(16)17(18)21/h5-6,9,11-13H,3-4,7-8,10H2,1-2H3,(H2,18,21). The zero-order valence-corrected chi connectivity index (χ0v) is 13.7. The third-order valence-corrected chi connectivity index (χ3v) is 5.49. The molecule has 1 aromatic carbocycles. The number of anilines is 1. The molecule has 0 aromatic heterocycles. The van der Waals surface area contributed by atoms with Gasteiger partial charge in [-0.1, -0.05) is 18.6 Å². The summed E-state index contributed by atoms with van der Waals surface area (Å²) < 4.78 is 5.35. The second kappa shape index (κ2) is 5.84. The Morgan fingerprint density at radius 3 is 2.76 bits per heavy atom. The molecule has 21 heavy (non-hydrogen) atoms. The van der Waals surface area contributed by atoms with Crippen molar-refractivity contribution in [2.24, 2.45) is 23.5 Å². The van der Waals surface area contributed by atoms with Gasteiger partial charge in [0.05, 0.1) is 12.8 Å². The summed E-state index contributed by atoms with van der Waals surface area (Å²) >= 11 is 5.19. The summed E-state index contributed by atoms with van der Waals surface area (Å²) in [5, 5.41) is 0. The lowest BCUT2D eigenvalue weighted by molar-refractivity contribution is 0.337. The molecule has 0 aliphatic heterocycles. The summed E-state index contributed by atoms with van der Waals surface area (Å²) in [6.45, 7) is 1.09. The largest absolute Gasteiger partial charge is 0.497 e. The Balaban J connectivity index is 1.79. The van der Waals surface area contributed by atoms with Gasteiger partial charge in [-0.25, -0.2) is 0 Å². The van der Waals surface area contributed by atoms with E-state index in [2.05, 4.69) is 11.9 Å². The van der Waals surface area contributed by atoms with Crippen molar-refractivity contribution in [1.82, 2.24) is 0 Å². The van der Waals surface area contributed by atoms with Gasteiger partial charge in [0.2, 0.25) is 0 Å². The van der Waals surface area contributed by atoms with Crippen LogP contribution in [-0.4, -0.2) is 25.7 Å². The van der Waals surface area contributed by atoms with Gasteiger partial charge in [0, 0.05) is 25.2 Å². The van der Waals surface area contributed by atoms with Gasteiger partial charge in [-0.2, -0.15) is 0 Å². The second-order valence-electron chi connectivity index (χ2n) is 6.56. The first-order valence-electron chi connectivity index (χ1n) is 7.77. The first kappa shape index (κ1) is 14.6. The first-order chi connectivity index (χ1) is 10.1. The van der Waals surface area contributed by atoms with Crippen molar-refractivity contribution in [3.63, 3.8) is 0 Å². The van der Waals surface area contributed by atoms with E-state index in [-0.39, 0.29) is 0 Å². The van der Waals surface area contributed by atoms with Crippen LogP contribution in [0.5, 0.6) is 5.75 Å². The second-order valence-corrected chi connectivity index (χ2v) is 7.00. The predicted octanol–water partition coefficient (Wildman–Crippen LogP) is 3.20. The smallest absolute Gasteiger partial charge is 0.120 e. The Bertz CT molecular complexity index is 546. The normalized spacial score (nSPS) is 26.9. The van der Waals surface area contributed by atoms with E-state index in [1.807, 2.05) is 18.2 Å². The molecule has 0 radical (unpaired) electrons. The molecule has 0 spiro atoms. The lowest BCUT2D eigenvalue weighted by Gasteiger charge is -2.30. The number of hydrogen-bond acceptors (Lipinski definition) is 3. The average Bonchev–Trinajstić information content (AvgIpc) is 3.09. The van der Waals surface area contributed by atoms with E-state index in [0.29, 0.717) is 4.99 Å². The molecule has 0 amide bonds. The highest BCUT2D eigenvalue weighted by Crippen LogP contribution is 2.48. The zero-order chi connectivity index (χ0) is 15.0. The highest BCUT2D eigenvalue weighted by molar-refractivity contribution is 7.80. The Kier molecular flexibility index (Phi) is 4.07. The highest BCUT2D eigenvalue weighted by Gasteiger charge is 2.39. The molecule has 2 aliphatic rings. The van der Waals surface area contributed by atoms with Crippen molar-refractivity contribution in [3.8, 4) is 5.75 Å². The van der Waals surface area contributed by atoms with Crippen molar-refractivity contribution in [1.29, 1.82) is 0 Å². The Morgan fingerprint density at radius 2 is 2.19 bits per heavy atom. The summed E-state index contributed by atoms with van der Waals surface area (Å²) in [7, 11) is 3.83. The molecule has 2 fully saturated rings. The van der Waals surface area contributed by atoms with E-state index in [1.165, 1.54) is 25.7 Å². The Hall–Kier alpha value is -1.29. The number of rotatable bonds is 5. The number of methoxy groups -OCH3 is 1. The number of ether oxygens (including phenoxy) is 1. The van der Waals surface area contributed by atoms with Gasteiger partial charge >= 0.3 is 0 Å². The van der Waals surface area contributed by atoms with E-state index in [4.69, 9.17) is 22.7 Å². The van der Waals surface area contributed by atoms with Crippen LogP contribution in [0.25, 0.3) is 0 Å². The molecule has 3 rings (SSSR count). The molecular formula is C17H24N2OS. The number of nitrogens with zero attached hydrogens (tertiary/aromatic N) is 1. The fourth-order valence-electron chi connectivity index (χ4n) is 4.21. The van der Waals surface area contributed by atoms with Crippen LogP contribution in [0.2, 0.25) is 0 Å². The molecule has 2 aliphatic carbocycles. The van der Waals surface area contributed by atoms with E-state index in [1.54, 1.807) is 7.11 Å². The maximum absolute atomic E-state index is 5.88. The van der Waals surface area contributed by atoms with Crippen molar-refractivity contribution in [2.45, 2.75) is 25.7 Å². The number of benzene rings is 1. The van der Waals surface area contributed by atoms with Crippen LogP contribution >= 0.6 is 12.2 Å². The average molecular weight is 304 g/mol. The molecule has 3 unspecified atom stereocenters. The van der Waals surface area contributed by atoms with Crippen molar-refractivity contribution >= 4 is 22.9 Å². The van der Waals surface area contributed by atoms with E-state index in [0.717, 1.165) is 41.3 Å². The zero-order valence-electron chi connectivity index (χ0n) is 12.8. The van der Waals surface area contributed by atoms with Gasteiger partial charge in [0.1, 0.15) is 10.7 Å². The highest BCUT2D eigenvalue weighted by atomic mass is 32.1. The summed E-state index contributed by atoms with van der Waals surface area (Å²) in [5.41, 5.74) is 7.91. The Morgan fingerprint density at radius 1 is 1.38 bits per heavy atom. The van der Waals surface area contributed by atoms with Crippen LogP contribution in [0.15, 0.2) is 18.2 Å². The number of thiocarbonyl (C=S) groups is 1.